The van der Waals surface area contributed by atoms with E-state index < -0.39 is 5.69 Å². The number of hydrogen-bond donors (Lipinski definition) is 1. The average molecular weight is 379 g/mol. The first kappa shape index (κ1) is 17.2. The van der Waals surface area contributed by atoms with Crippen molar-refractivity contribution in [1.82, 2.24) is 9.55 Å². The monoisotopic (exact) mass is 379 g/mol. The number of fused-ring (bicyclic) bond motifs is 2. The van der Waals surface area contributed by atoms with E-state index in [2.05, 4.69) is 4.98 Å². The van der Waals surface area contributed by atoms with Crippen molar-refractivity contribution in [3.8, 4) is 11.4 Å². The van der Waals surface area contributed by atoms with Crippen LogP contribution in [0.1, 0.15) is 13.3 Å². The summed E-state index contributed by atoms with van der Waals surface area (Å²) < 4.78 is 8.79. The summed E-state index contributed by atoms with van der Waals surface area (Å²) in [7, 11) is 0. The summed E-state index contributed by atoms with van der Waals surface area (Å²) in [5, 5.41) is 1.06. The number of nitrogens with two attached hydrogens (primary N) is 1. The van der Waals surface area contributed by atoms with Gasteiger partial charge in [0.2, 0.25) is 0 Å². The number of anilines is 1. The summed E-state index contributed by atoms with van der Waals surface area (Å²) in [6.07, 6.45) is 2.39. The number of nitrogen functional groups attached to an aromatic ring is 1. The molecule has 2 aromatic carbocycles. The van der Waals surface area contributed by atoms with Gasteiger partial charge in [0.1, 0.15) is 11.6 Å². The Kier molecular flexibility index (Phi) is 4.37. The zero-order valence-electron chi connectivity index (χ0n) is 14.6. The lowest BCUT2D eigenvalue weighted by Gasteiger charge is -2.13. The standard InChI is InChI=1S/C20H17N3O3S/c1-2-11-26-14-8-7-13(23-10-9-16(21)22-20(23)25)17-18(24)12-5-3-4-6-15(12)27-19(14)17/h3-10H,2,11H2,1H3,(H2,21,22,25). The van der Waals surface area contributed by atoms with Crippen molar-refractivity contribution in [1.29, 1.82) is 0 Å². The second kappa shape index (κ2) is 6.85. The maximum Gasteiger partial charge on any atom is 0.354 e. The molecule has 0 saturated carbocycles. The Bertz CT molecular complexity index is 1280. The van der Waals surface area contributed by atoms with Crippen molar-refractivity contribution in [3.05, 3.63) is 69.4 Å². The van der Waals surface area contributed by atoms with Crippen LogP contribution in [0, 0.1) is 0 Å². The fraction of sp³-hybridized carbons (Fsp3) is 0.150. The molecule has 4 aromatic rings. The number of hydrogen-bond acceptors (Lipinski definition) is 6. The molecule has 0 bridgehead atoms. The molecule has 0 amide bonds. The molecule has 0 aliphatic carbocycles. The van der Waals surface area contributed by atoms with Crippen molar-refractivity contribution in [3.63, 3.8) is 0 Å². The molecule has 0 aliphatic heterocycles. The van der Waals surface area contributed by atoms with E-state index in [-0.39, 0.29) is 11.2 Å². The first-order valence-corrected chi connectivity index (χ1v) is 9.38. The zero-order valence-corrected chi connectivity index (χ0v) is 15.5. The summed E-state index contributed by atoms with van der Waals surface area (Å²) in [4.78, 5) is 29.4. The number of ether oxygens (including phenoxy) is 1. The number of rotatable bonds is 4. The summed E-state index contributed by atoms with van der Waals surface area (Å²) in [5.41, 5.74) is 5.40. The van der Waals surface area contributed by atoms with Gasteiger partial charge in [0.25, 0.3) is 0 Å². The first-order chi connectivity index (χ1) is 13.1. The number of benzene rings is 2. The lowest BCUT2D eigenvalue weighted by Crippen LogP contribution is -2.23. The van der Waals surface area contributed by atoms with Crippen LogP contribution >= 0.6 is 11.3 Å². The Hall–Kier alpha value is -3.19. The third-order valence-electron chi connectivity index (χ3n) is 4.22. The van der Waals surface area contributed by atoms with Crippen molar-refractivity contribution >= 4 is 37.3 Å². The Balaban J connectivity index is 2.13. The minimum Gasteiger partial charge on any atom is -0.492 e. The SMILES string of the molecule is CCCOc1ccc(-n2ccc(N)nc2=O)c2c(=O)c3ccccc3sc12. The minimum atomic E-state index is -0.531. The van der Waals surface area contributed by atoms with Gasteiger partial charge in [-0.05, 0) is 36.8 Å². The molecule has 0 aliphatic rings. The smallest absolute Gasteiger partial charge is 0.354 e. The van der Waals surface area contributed by atoms with Crippen LogP contribution in [0.15, 0.2) is 58.3 Å². The molecule has 2 aromatic heterocycles. The lowest BCUT2D eigenvalue weighted by atomic mass is 10.1. The zero-order chi connectivity index (χ0) is 19.0. The maximum absolute atomic E-state index is 13.3. The van der Waals surface area contributed by atoms with Gasteiger partial charge in [-0.15, -0.1) is 11.3 Å². The third-order valence-corrected chi connectivity index (χ3v) is 5.40. The van der Waals surface area contributed by atoms with Crippen molar-refractivity contribution in [2.24, 2.45) is 0 Å². The molecule has 0 radical (unpaired) electrons. The normalized spacial score (nSPS) is 11.1. The Morgan fingerprint density at radius 3 is 2.74 bits per heavy atom. The molecular weight excluding hydrogens is 362 g/mol. The second-order valence-electron chi connectivity index (χ2n) is 6.07. The van der Waals surface area contributed by atoms with E-state index in [1.165, 1.54) is 28.2 Å². The number of aromatic nitrogens is 2. The second-order valence-corrected chi connectivity index (χ2v) is 7.12. The molecule has 0 atom stereocenters. The summed E-state index contributed by atoms with van der Waals surface area (Å²) in [6, 6.07) is 12.5. The highest BCUT2D eigenvalue weighted by molar-refractivity contribution is 7.25. The molecule has 0 spiro atoms. The molecule has 0 saturated heterocycles. The summed E-state index contributed by atoms with van der Waals surface area (Å²) in [5.74, 6) is 0.777. The molecule has 4 rings (SSSR count). The van der Waals surface area contributed by atoms with Crippen LogP contribution in [0.5, 0.6) is 5.75 Å². The molecule has 27 heavy (non-hydrogen) atoms. The minimum absolute atomic E-state index is 0.138. The van der Waals surface area contributed by atoms with Crippen LogP contribution in [0.2, 0.25) is 0 Å². The van der Waals surface area contributed by atoms with Crippen LogP contribution in [-0.2, 0) is 0 Å². The molecule has 136 valence electrons. The highest BCUT2D eigenvalue weighted by Crippen LogP contribution is 2.35. The summed E-state index contributed by atoms with van der Waals surface area (Å²) in [6.45, 7) is 2.57. The maximum atomic E-state index is 13.3. The molecule has 2 heterocycles. The van der Waals surface area contributed by atoms with Gasteiger partial charge in [-0.1, -0.05) is 19.1 Å². The molecule has 0 unspecified atom stereocenters. The van der Waals surface area contributed by atoms with E-state index in [0.717, 1.165) is 11.1 Å². The van der Waals surface area contributed by atoms with Crippen LogP contribution in [0.25, 0.3) is 25.9 Å². The van der Waals surface area contributed by atoms with Crippen LogP contribution < -0.4 is 21.6 Å². The molecular formula is C20H17N3O3S. The fourth-order valence-electron chi connectivity index (χ4n) is 2.99. The van der Waals surface area contributed by atoms with Gasteiger partial charge in [0, 0.05) is 16.3 Å². The van der Waals surface area contributed by atoms with Gasteiger partial charge in [-0.25, -0.2) is 4.79 Å². The predicted molar refractivity (Wildman–Crippen MR) is 109 cm³/mol. The Labute approximate surface area is 158 Å². The largest absolute Gasteiger partial charge is 0.492 e. The Morgan fingerprint density at radius 1 is 1.15 bits per heavy atom. The van der Waals surface area contributed by atoms with Gasteiger partial charge >= 0.3 is 5.69 Å². The molecule has 0 fully saturated rings. The lowest BCUT2D eigenvalue weighted by molar-refractivity contribution is 0.321. The van der Waals surface area contributed by atoms with Gasteiger partial charge in [-0.3, -0.25) is 9.36 Å². The number of nitrogens with zero attached hydrogens (tertiary/aromatic N) is 2. The quantitative estimate of drug-likeness (QED) is 0.550. The highest BCUT2D eigenvalue weighted by Gasteiger charge is 2.16. The molecule has 6 nitrogen and oxygen atoms in total. The van der Waals surface area contributed by atoms with Crippen LogP contribution in [0.4, 0.5) is 5.82 Å². The van der Waals surface area contributed by atoms with Gasteiger partial charge in [-0.2, -0.15) is 4.98 Å². The van der Waals surface area contributed by atoms with E-state index in [0.29, 0.717) is 33.5 Å². The van der Waals surface area contributed by atoms with E-state index >= 15 is 0 Å². The molecule has 7 heteroatoms. The highest BCUT2D eigenvalue weighted by atomic mass is 32.1. The first-order valence-electron chi connectivity index (χ1n) is 8.57. The van der Waals surface area contributed by atoms with Crippen LogP contribution in [-0.4, -0.2) is 16.2 Å². The van der Waals surface area contributed by atoms with Crippen molar-refractivity contribution in [2.45, 2.75) is 13.3 Å². The van der Waals surface area contributed by atoms with Crippen molar-refractivity contribution in [2.75, 3.05) is 12.3 Å². The Morgan fingerprint density at radius 2 is 1.96 bits per heavy atom. The van der Waals surface area contributed by atoms with E-state index in [1.54, 1.807) is 18.2 Å². The van der Waals surface area contributed by atoms with E-state index in [9.17, 15) is 9.59 Å². The fourth-order valence-corrected chi connectivity index (χ4v) is 4.15. The summed E-state index contributed by atoms with van der Waals surface area (Å²) >= 11 is 1.47. The van der Waals surface area contributed by atoms with Gasteiger partial charge < -0.3 is 10.5 Å². The van der Waals surface area contributed by atoms with Gasteiger partial charge in [0.15, 0.2) is 5.43 Å². The van der Waals surface area contributed by atoms with Crippen molar-refractivity contribution < 1.29 is 4.74 Å². The topological polar surface area (TPSA) is 87.2 Å². The predicted octanol–water partition coefficient (Wildman–Crippen LogP) is 3.33. The van der Waals surface area contributed by atoms with E-state index in [1.807, 2.05) is 25.1 Å². The van der Waals surface area contributed by atoms with Gasteiger partial charge in [0.05, 0.1) is 22.4 Å². The van der Waals surface area contributed by atoms with Crippen LogP contribution in [0.3, 0.4) is 0 Å². The van der Waals surface area contributed by atoms with E-state index in [4.69, 9.17) is 10.5 Å². The molecule has 2 N–H and O–H groups in total. The average Bonchev–Trinajstić information content (AvgIpc) is 2.67. The third kappa shape index (κ3) is 2.96.